The number of alkyl halides is 3. The molecule has 8 nitrogen and oxygen atoms in total. The van der Waals surface area contributed by atoms with Gasteiger partial charge in [-0.15, -0.1) is 0 Å². The number of hydrogen-bond donors (Lipinski definition) is 0. The summed E-state index contributed by atoms with van der Waals surface area (Å²) in [7, 11) is 0. The quantitative estimate of drug-likeness (QED) is 0.342. The summed E-state index contributed by atoms with van der Waals surface area (Å²) in [6.07, 6.45) is -3.77. The van der Waals surface area contributed by atoms with E-state index >= 15 is 0 Å². The van der Waals surface area contributed by atoms with E-state index in [9.17, 15) is 28.1 Å². The van der Waals surface area contributed by atoms with Crippen LogP contribution in [0.25, 0.3) is 0 Å². The average molecular weight is 383 g/mol. The van der Waals surface area contributed by atoms with Crippen LogP contribution in [0, 0.1) is 10.1 Å². The molecule has 0 atom stereocenters. The van der Waals surface area contributed by atoms with E-state index in [-0.39, 0.29) is 30.0 Å². The maximum Gasteiger partial charge on any atom is 0.514 e. The molecular weight excluding hydrogens is 371 g/mol. The van der Waals surface area contributed by atoms with Gasteiger partial charge in [0, 0.05) is 30.4 Å². The zero-order valence-electron chi connectivity index (χ0n) is 13.5. The molecule has 0 unspecified atom stereocenters. The minimum Gasteiger partial charge on any atom is -0.431 e. The van der Waals surface area contributed by atoms with Gasteiger partial charge in [-0.1, -0.05) is 0 Å². The van der Waals surface area contributed by atoms with E-state index in [1.54, 1.807) is 0 Å². The van der Waals surface area contributed by atoms with Crippen LogP contribution in [0.5, 0.6) is 5.75 Å². The minimum atomic E-state index is -4.61. The number of hydrogen-bond acceptors (Lipinski definition) is 7. The molecule has 1 fully saturated rings. The van der Waals surface area contributed by atoms with Crippen molar-refractivity contribution in [2.24, 2.45) is 0 Å². The average Bonchev–Trinajstić information content (AvgIpc) is 2.57. The largest absolute Gasteiger partial charge is 0.514 e. The van der Waals surface area contributed by atoms with Crippen molar-refractivity contribution in [3.8, 4) is 5.75 Å². The van der Waals surface area contributed by atoms with Crippen LogP contribution in [-0.4, -0.2) is 27.2 Å². The second-order valence-corrected chi connectivity index (χ2v) is 5.80. The van der Waals surface area contributed by atoms with Crippen molar-refractivity contribution >= 4 is 11.8 Å². The molecule has 0 amide bonds. The van der Waals surface area contributed by atoms with Gasteiger partial charge in [-0.3, -0.25) is 15.1 Å². The zero-order chi connectivity index (χ0) is 19.6. The molecule has 3 rings (SSSR count). The third kappa shape index (κ3) is 4.30. The Morgan fingerprint density at radius 2 is 1.78 bits per heavy atom. The summed E-state index contributed by atoms with van der Waals surface area (Å²) in [4.78, 5) is 28.8. The molecule has 142 valence electrons. The molecule has 1 aromatic heterocycles. The van der Waals surface area contributed by atoms with Gasteiger partial charge in [0.2, 0.25) is 0 Å². The summed E-state index contributed by atoms with van der Waals surface area (Å²) in [6, 6.07) is 4.79. The minimum absolute atomic E-state index is 0.0507. The van der Waals surface area contributed by atoms with E-state index in [0.29, 0.717) is 0 Å². The number of ether oxygens (including phenoxy) is 2. The Bertz CT molecular complexity index is 851. The fourth-order valence-electron chi connectivity index (χ4n) is 2.64. The van der Waals surface area contributed by atoms with Gasteiger partial charge >= 0.3 is 12.3 Å². The van der Waals surface area contributed by atoms with Crippen LogP contribution < -0.4 is 4.74 Å². The summed E-state index contributed by atoms with van der Waals surface area (Å²) in [5, 5.41) is 10.6. The Labute approximate surface area is 150 Å². The molecule has 1 aromatic carbocycles. The van der Waals surface area contributed by atoms with Crippen molar-refractivity contribution in [3.63, 3.8) is 0 Å². The number of non-ortho nitro benzene ring substituents is 1. The fraction of sp³-hybridized carbons (Fsp3) is 0.312. The van der Waals surface area contributed by atoms with Crippen LogP contribution in [-0.2, 0) is 10.9 Å². The van der Waals surface area contributed by atoms with E-state index in [2.05, 4.69) is 9.97 Å². The highest BCUT2D eigenvalue weighted by molar-refractivity contribution is 5.64. The number of benzene rings is 1. The second-order valence-electron chi connectivity index (χ2n) is 5.80. The number of rotatable bonds is 4. The molecule has 0 aliphatic heterocycles. The van der Waals surface area contributed by atoms with E-state index in [1.165, 1.54) is 18.3 Å². The van der Waals surface area contributed by atoms with Gasteiger partial charge in [-0.2, -0.15) is 13.2 Å². The van der Waals surface area contributed by atoms with Crippen molar-refractivity contribution in [1.82, 2.24) is 9.97 Å². The van der Waals surface area contributed by atoms with Crippen molar-refractivity contribution < 1.29 is 32.4 Å². The Hall–Kier alpha value is -3.24. The summed E-state index contributed by atoms with van der Waals surface area (Å²) in [5.41, 5.74) is -1.38. The molecule has 11 heteroatoms. The molecule has 1 heterocycles. The number of carbonyl (C=O) groups is 1. The molecule has 0 spiro atoms. The smallest absolute Gasteiger partial charge is 0.431 e. The number of aromatic nitrogens is 2. The molecule has 2 aromatic rings. The molecule has 1 aliphatic rings. The highest BCUT2D eigenvalue weighted by Crippen LogP contribution is 2.42. The van der Waals surface area contributed by atoms with E-state index in [4.69, 9.17) is 9.47 Å². The number of halogens is 3. The fourth-order valence-corrected chi connectivity index (χ4v) is 2.64. The van der Waals surface area contributed by atoms with Gasteiger partial charge in [0.1, 0.15) is 11.9 Å². The van der Waals surface area contributed by atoms with E-state index < -0.39 is 35.0 Å². The third-order valence-electron chi connectivity index (χ3n) is 3.99. The first-order valence-corrected chi connectivity index (χ1v) is 7.75. The van der Waals surface area contributed by atoms with Crippen molar-refractivity contribution in [3.05, 3.63) is 58.2 Å². The summed E-state index contributed by atoms with van der Waals surface area (Å²) in [6.45, 7) is 0. The van der Waals surface area contributed by atoms with Gasteiger partial charge in [-0.05, 0) is 25.0 Å². The van der Waals surface area contributed by atoms with Crippen LogP contribution >= 0.6 is 0 Å². The van der Waals surface area contributed by atoms with Crippen LogP contribution in [0.3, 0.4) is 0 Å². The maximum absolute atomic E-state index is 12.9. The van der Waals surface area contributed by atoms with Gasteiger partial charge in [-0.25, -0.2) is 9.78 Å². The van der Waals surface area contributed by atoms with Gasteiger partial charge in [0.05, 0.1) is 10.6 Å². The predicted octanol–water partition coefficient (Wildman–Crippen LogP) is 3.87. The lowest BCUT2D eigenvalue weighted by molar-refractivity contribution is -0.384. The van der Waals surface area contributed by atoms with Crippen LogP contribution in [0.2, 0.25) is 0 Å². The predicted molar refractivity (Wildman–Crippen MR) is 83.0 cm³/mol. The van der Waals surface area contributed by atoms with Crippen molar-refractivity contribution in [2.45, 2.75) is 31.0 Å². The second kappa shape index (κ2) is 7.17. The Kier molecular flexibility index (Phi) is 4.93. The standard InChI is InChI=1S/C16H12F3N3O5/c17-16(18,19)14-13(20-5-6-21-14)9-7-12(8-9)27-15(23)26-11-3-1-10(2-4-11)22(24)25/h1-6,9,12H,7-8H2. The third-order valence-corrected chi connectivity index (χ3v) is 3.99. The highest BCUT2D eigenvalue weighted by atomic mass is 19.4. The van der Waals surface area contributed by atoms with E-state index in [0.717, 1.165) is 18.3 Å². The van der Waals surface area contributed by atoms with Gasteiger partial charge < -0.3 is 9.47 Å². The molecule has 0 bridgehead atoms. The summed E-state index contributed by atoms with van der Waals surface area (Å²) < 4.78 is 48.7. The molecule has 0 radical (unpaired) electrons. The first-order chi connectivity index (χ1) is 12.7. The lowest BCUT2D eigenvalue weighted by Gasteiger charge is -2.34. The Morgan fingerprint density at radius 3 is 2.37 bits per heavy atom. The summed E-state index contributed by atoms with van der Waals surface area (Å²) in [5.74, 6) is -0.470. The molecular formula is C16H12F3N3O5. The van der Waals surface area contributed by atoms with Crippen LogP contribution in [0.1, 0.15) is 30.1 Å². The van der Waals surface area contributed by atoms with Crippen molar-refractivity contribution in [1.29, 1.82) is 0 Å². The maximum atomic E-state index is 12.9. The first-order valence-electron chi connectivity index (χ1n) is 7.75. The molecule has 27 heavy (non-hydrogen) atoms. The monoisotopic (exact) mass is 383 g/mol. The lowest BCUT2D eigenvalue weighted by atomic mass is 9.79. The topological polar surface area (TPSA) is 104 Å². The Balaban J connectivity index is 1.53. The normalized spacial score (nSPS) is 19.1. The number of carbonyl (C=O) groups excluding carboxylic acids is 1. The van der Waals surface area contributed by atoms with Gasteiger partial charge in [0.15, 0.2) is 5.69 Å². The van der Waals surface area contributed by atoms with Crippen LogP contribution in [0.4, 0.5) is 23.7 Å². The SMILES string of the molecule is O=C(Oc1ccc([N+](=O)[O-])cc1)OC1CC(c2nccnc2C(F)(F)F)C1. The molecule has 1 saturated carbocycles. The Morgan fingerprint density at radius 1 is 1.15 bits per heavy atom. The number of nitro groups is 1. The molecule has 1 aliphatic carbocycles. The van der Waals surface area contributed by atoms with Crippen molar-refractivity contribution in [2.75, 3.05) is 0 Å². The number of nitrogens with zero attached hydrogens (tertiary/aromatic N) is 3. The first kappa shape index (κ1) is 18.5. The molecule has 0 saturated heterocycles. The lowest BCUT2D eigenvalue weighted by Crippen LogP contribution is -2.34. The highest BCUT2D eigenvalue weighted by Gasteiger charge is 2.43. The summed E-state index contributed by atoms with van der Waals surface area (Å²) >= 11 is 0. The zero-order valence-corrected chi connectivity index (χ0v) is 13.5. The van der Waals surface area contributed by atoms with Crippen LogP contribution in [0.15, 0.2) is 36.7 Å². The van der Waals surface area contributed by atoms with Gasteiger partial charge in [0.25, 0.3) is 5.69 Å². The molecule has 0 N–H and O–H groups in total. The number of nitro benzene ring substituents is 1. The van der Waals surface area contributed by atoms with E-state index in [1.807, 2.05) is 0 Å².